The summed E-state index contributed by atoms with van der Waals surface area (Å²) in [7, 11) is 0. The molecular weight excluding hydrogens is 308 g/mol. The number of aliphatic hydroxyl groups is 1. The van der Waals surface area contributed by atoms with Crippen molar-refractivity contribution in [2.75, 3.05) is 13.2 Å². The van der Waals surface area contributed by atoms with Gasteiger partial charge in [-0.2, -0.15) is 0 Å². The van der Waals surface area contributed by atoms with Crippen molar-refractivity contribution in [2.45, 2.75) is 45.6 Å². The van der Waals surface area contributed by atoms with Gasteiger partial charge in [0.15, 0.2) is 11.5 Å². The van der Waals surface area contributed by atoms with Gasteiger partial charge in [0.05, 0.1) is 19.3 Å². The molecule has 19 heavy (non-hydrogen) atoms. The molecule has 0 saturated heterocycles. The molecule has 3 nitrogen and oxygen atoms in total. The van der Waals surface area contributed by atoms with Crippen LogP contribution in [0.5, 0.6) is 11.5 Å². The lowest BCUT2D eigenvalue weighted by molar-refractivity contribution is 0.194. The number of rotatable bonds is 3. The fourth-order valence-electron chi connectivity index (χ4n) is 2.45. The van der Waals surface area contributed by atoms with Crippen LogP contribution in [-0.2, 0) is 6.42 Å². The van der Waals surface area contributed by atoms with E-state index in [4.69, 9.17) is 9.47 Å². The predicted octanol–water partition coefficient (Wildman–Crippen LogP) is 3.66. The van der Waals surface area contributed by atoms with E-state index in [1.807, 2.05) is 6.07 Å². The average molecular weight is 329 g/mol. The van der Waals surface area contributed by atoms with Crippen LogP contribution in [0.4, 0.5) is 0 Å². The highest BCUT2D eigenvalue weighted by Gasteiger charge is 2.23. The monoisotopic (exact) mass is 328 g/mol. The maximum Gasteiger partial charge on any atom is 0.164 e. The van der Waals surface area contributed by atoms with Gasteiger partial charge in [-0.1, -0.05) is 29.8 Å². The van der Waals surface area contributed by atoms with Crippen LogP contribution in [0.1, 0.15) is 44.2 Å². The summed E-state index contributed by atoms with van der Waals surface area (Å²) < 4.78 is 12.6. The highest BCUT2D eigenvalue weighted by molar-refractivity contribution is 9.10. The van der Waals surface area contributed by atoms with Gasteiger partial charge >= 0.3 is 0 Å². The zero-order valence-corrected chi connectivity index (χ0v) is 13.3. The Morgan fingerprint density at radius 2 is 1.95 bits per heavy atom. The number of aliphatic hydroxyl groups excluding tert-OH is 1. The Balaban J connectivity index is 2.57. The molecule has 0 saturated carbocycles. The third-order valence-corrected chi connectivity index (χ3v) is 3.92. The van der Waals surface area contributed by atoms with Crippen molar-refractivity contribution in [2.24, 2.45) is 0 Å². The molecule has 1 aromatic carbocycles. The second-order valence-corrected chi connectivity index (χ2v) is 6.19. The van der Waals surface area contributed by atoms with E-state index in [0.717, 1.165) is 33.5 Å². The zero-order valence-electron chi connectivity index (χ0n) is 11.7. The van der Waals surface area contributed by atoms with E-state index in [9.17, 15) is 5.11 Å². The SMILES string of the molecule is CC(O)Cc1c(Br)cc2c(c1C(C)C)OCCCO2. The van der Waals surface area contributed by atoms with Crippen LogP contribution in [0, 0.1) is 0 Å². The predicted molar refractivity (Wildman–Crippen MR) is 79.2 cm³/mol. The van der Waals surface area contributed by atoms with Crippen molar-refractivity contribution in [1.29, 1.82) is 0 Å². The van der Waals surface area contributed by atoms with Crippen molar-refractivity contribution in [3.63, 3.8) is 0 Å². The molecule has 106 valence electrons. The van der Waals surface area contributed by atoms with Gasteiger partial charge in [0.2, 0.25) is 0 Å². The van der Waals surface area contributed by atoms with E-state index in [2.05, 4.69) is 29.8 Å². The second kappa shape index (κ2) is 6.14. The van der Waals surface area contributed by atoms with Crippen LogP contribution in [0.15, 0.2) is 10.5 Å². The minimum atomic E-state index is -0.376. The fourth-order valence-corrected chi connectivity index (χ4v) is 3.03. The molecule has 1 N–H and O–H groups in total. The van der Waals surface area contributed by atoms with Gasteiger partial charge in [0, 0.05) is 16.5 Å². The number of ether oxygens (including phenoxy) is 2. The Labute approximate surface area is 123 Å². The highest BCUT2D eigenvalue weighted by atomic mass is 79.9. The summed E-state index contributed by atoms with van der Waals surface area (Å²) in [6.07, 6.45) is 1.14. The number of benzene rings is 1. The maximum absolute atomic E-state index is 9.70. The molecule has 2 rings (SSSR count). The summed E-state index contributed by atoms with van der Waals surface area (Å²) in [6.45, 7) is 7.46. The van der Waals surface area contributed by atoms with Gasteiger partial charge < -0.3 is 14.6 Å². The first-order chi connectivity index (χ1) is 9.00. The van der Waals surface area contributed by atoms with Crippen molar-refractivity contribution in [1.82, 2.24) is 0 Å². The number of hydrogen-bond acceptors (Lipinski definition) is 3. The van der Waals surface area contributed by atoms with Crippen LogP contribution >= 0.6 is 15.9 Å². The number of hydrogen-bond donors (Lipinski definition) is 1. The van der Waals surface area contributed by atoms with E-state index in [-0.39, 0.29) is 6.10 Å². The van der Waals surface area contributed by atoms with Gasteiger partial charge in [0.1, 0.15) is 0 Å². The van der Waals surface area contributed by atoms with Crippen LogP contribution in [0.2, 0.25) is 0 Å². The van der Waals surface area contributed by atoms with Gasteiger partial charge in [-0.05, 0) is 30.9 Å². The average Bonchev–Trinajstić information content (AvgIpc) is 2.53. The lowest BCUT2D eigenvalue weighted by atomic mass is 9.92. The van der Waals surface area contributed by atoms with Crippen LogP contribution < -0.4 is 9.47 Å². The topological polar surface area (TPSA) is 38.7 Å². The van der Waals surface area contributed by atoms with Crippen LogP contribution in [0.3, 0.4) is 0 Å². The molecule has 1 unspecified atom stereocenters. The van der Waals surface area contributed by atoms with Gasteiger partial charge in [-0.15, -0.1) is 0 Å². The molecule has 0 fully saturated rings. The lowest BCUT2D eigenvalue weighted by Crippen LogP contribution is -2.10. The first-order valence-electron chi connectivity index (χ1n) is 6.79. The molecule has 1 heterocycles. The van der Waals surface area contributed by atoms with E-state index in [0.29, 0.717) is 25.6 Å². The summed E-state index contributed by atoms with van der Waals surface area (Å²) >= 11 is 3.60. The normalized spacial score (nSPS) is 16.3. The molecule has 4 heteroatoms. The van der Waals surface area contributed by atoms with Crippen LogP contribution in [-0.4, -0.2) is 24.4 Å². The Morgan fingerprint density at radius 1 is 1.26 bits per heavy atom. The molecule has 1 atom stereocenters. The van der Waals surface area contributed by atoms with E-state index < -0.39 is 0 Å². The Kier molecular flexibility index (Phi) is 4.74. The first kappa shape index (κ1) is 14.7. The van der Waals surface area contributed by atoms with Gasteiger partial charge in [-0.25, -0.2) is 0 Å². The van der Waals surface area contributed by atoms with E-state index >= 15 is 0 Å². The molecular formula is C15H21BrO3. The van der Waals surface area contributed by atoms with Crippen molar-refractivity contribution >= 4 is 15.9 Å². The summed E-state index contributed by atoms with van der Waals surface area (Å²) in [4.78, 5) is 0. The molecule has 1 aromatic rings. The molecule has 1 aliphatic rings. The largest absolute Gasteiger partial charge is 0.490 e. The summed E-state index contributed by atoms with van der Waals surface area (Å²) in [5.41, 5.74) is 2.27. The summed E-state index contributed by atoms with van der Waals surface area (Å²) in [5.74, 6) is 1.98. The Hall–Kier alpha value is -0.740. The maximum atomic E-state index is 9.70. The molecule has 0 bridgehead atoms. The molecule has 0 radical (unpaired) electrons. The first-order valence-corrected chi connectivity index (χ1v) is 7.59. The smallest absolute Gasteiger partial charge is 0.164 e. The van der Waals surface area contributed by atoms with Crippen molar-refractivity contribution < 1.29 is 14.6 Å². The molecule has 1 aliphatic heterocycles. The molecule has 0 aliphatic carbocycles. The molecule has 0 amide bonds. The Morgan fingerprint density at radius 3 is 2.58 bits per heavy atom. The van der Waals surface area contributed by atoms with Crippen molar-refractivity contribution in [3.05, 3.63) is 21.7 Å². The minimum Gasteiger partial charge on any atom is -0.490 e. The quantitative estimate of drug-likeness (QED) is 0.920. The third kappa shape index (κ3) is 3.23. The zero-order chi connectivity index (χ0) is 14.0. The number of fused-ring (bicyclic) bond motifs is 1. The minimum absolute atomic E-state index is 0.321. The van der Waals surface area contributed by atoms with Crippen LogP contribution in [0.25, 0.3) is 0 Å². The van der Waals surface area contributed by atoms with E-state index in [1.165, 1.54) is 0 Å². The Bertz CT molecular complexity index is 455. The van der Waals surface area contributed by atoms with Gasteiger partial charge in [-0.3, -0.25) is 0 Å². The van der Waals surface area contributed by atoms with Gasteiger partial charge in [0.25, 0.3) is 0 Å². The number of halogens is 1. The van der Waals surface area contributed by atoms with E-state index in [1.54, 1.807) is 6.92 Å². The fraction of sp³-hybridized carbons (Fsp3) is 0.600. The molecule has 0 spiro atoms. The summed E-state index contributed by atoms with van der Waals surface area (Å²) in [6, 6.07) is 1.96. The third-order valence-electron chi connectivity index (χ3n) is 3.21. The highest BCUT2D eigenvalue weighted by Crippen LogP contribution is 2.43. The van der Waals surface area contributed by atoms with Crippen molar-refractivity contribution in [3.8, 4) is 11.5 Å². The second-order valence-electron chi connectivity index (χ2n) is 5.34. The lowest BCUT2D eigenvalue weighted by Gasteiger charge is -2.21. The standard InChI is InChI=1S/C15H21BrO3/c1-9(2)14-11(7-10(3)17)12(16)8-13-15(14)19-6-4-5-18-13/h8-10,17H,4-7H2,1-3H3. The molecule has 0 aromatic heterocycles. The summed E-state index contributed by atoms with van der Waals surface area (Å²) in [5, 5.41) is 9.70.